The van der Waals surface area contributed by atoms with Gasteiger partial charge in [-0.15, -0.1) is 0 Å². The van der Waals surface area contributed by atoms with Gasteiger partial charge in [0.05, 0.1) is 0 Å². The number of alkyl halides is 3. The molecule has 2 aromatic rings. The van der Waals surface area contributed by atoms with Crippen LogP contribution in [0.2, 0.25) is 0 Å². The first-order chi connectivity index (χ1) is 15.4. The molecule has 0 spiro atoms. The van der Waals surface area contributed by atoms with Gasteiger partial charge in [0.25, 0.3) is 5.91 Å². The van der Waals surface area contributed by atoms with E-state index in [1.165, 1.54) is 0 Å². The molecule has 2 aliphatic rings. The van der Waals surface area contributed by atoms with Gasteiger partial charge in [0.1, 0.15) is 0 Å². The molecule has 9 nitrogen and oxygen atoms in total. The molecule has 1 amide bonds. The van der Waals surface area contributed by atoms with Crippen molar-refractivity contribution in [3.8, 4) is 6.01 Å². The second kappa shape index (κ2) is 11.5. The van der Waals surface area contributed by atoms with Crippen molar-refractivity contribution in [2.24, 2.45) is 0 Å². The van der Waals surface area contributed by atoms with Crippen LogP contribution in [0, 0.1) is 0 Å². The second-order valence-corrected chi connectivity index (χ2v) is 7.22. The SMILES string of the molecule is O=C1NCCCCCNCCCNc2nc(nc(OCC(F)(F)F)n2)Nc2ccc1cc2. The molecule has 174 valence electrons. The second-order valence-electron chi connectivity index (χ2n) is 7.22. The average Bonchev–Trinajstić information content (AvgIpc) is 2.75. The minimum Gasteiger partial charge on any atom is -0.454 e. The molecule has 0 unspecified atom stereocenters. The van der Waals surface area contributed by atoms with Crippen molar-refractivity contribution in [3.05, 3.63) is 29.8 Å². The van der Waals surface area contributed by atoms with E-state index in [-0.39, 0.29) is 17.8 Å². The first-order valence-electron chi connectivity index (χ1n) is 10.4. The summed E-state index contributed by atoms with van der Waals surface area (Å²) < 4.78 is 42.3. The number of ether oxygens (including phenoxy) is 1. The highest BCUT2D eigenvalue weighted by atomic mass is 19.4. The van der Waals surface area contributed by atoms with Crippen molar-refractivity contribution in [3.63, 3.8) is 0 Å². The number of hydrogen-bond donors (Lipinski definition) is 4. The van der Waals surface area contributed by atoms with Crippen LogP contribution in [0.15, 0.2) is 24.3 Å². The van der Waals surface area contributed by atoms with E-state index in [4.69, 9.17) is 4.74 Å². The molecule has 0 radical (unpaired) electrons. The third-order valence-electron chi connectivity index (χ3n) is 4.51. The summed E-state index contributed by atoms with van der Waals surface area (Å²) in [6, 6.07) is 6.15. The van der Waals surface area contributed by atoms with E-state index in [9.17, 15) is 18.0 Å². The summed E-state index contributed by atoms with van der Waals surface area (Å²) in [5.41, 5.74) is 1.05. The molecule has 4 bridgehead atoms. The fourth-order valence-electron chi connectivity index (χ4n) is 2.93. The number of hydrogen-bond acceptors (Lipinski definition) is 8. The van der Waals surface area contributed by atoms with E-state index < -0.39 is 18.8 Å². The van der Waals surface area contributed by atoms with Crippen molar-refractivity contribution in [2.75, 3.05) is 43.4 Å². The van der Waals surface area contributed by atoms with Gasteiger partial charge in [-0.05, 0) is 56.6 Å². The zero-order valence-electron chi connectivity index (χ0n) is 17.5. The number of nitrogens with one attached hydrogen (secondary N) is 4. The van der Waals surface area contributed by atoms with E-state index in [0.29, 0.717) is 24.3 Å². The molecule has 0 atom stereocenters. The largest absolute Gasteiger partial charge is 0.454 e. The highest BCUT2D eigenvalue weighted by molar-refractivity contribution is 5.94. The van der Waals surface area contributed by atoms with Crippen LogP contribution in [0.25, 0.3) is 0 Å². The van der Waals surface area contributed by atoms with E-state index in [1.54, 1.807) is 24.3 Å². The number of carbonyl (C=O) groups is 1. The first kappa shape index (κ1) is 23.5. The molecule has 1 aromatic heterocycles. The fraction of sp³-hybridized carbons (Fsp3) is 0.500. The lowest BCUT2D eigenvalue weighted by Crippen LogP contribution is -2.25. The summed E-state index contributed by atoms with van der Waals surface area (Å²) in [6.07, 6.45) is -0.836. The molecular formula is C20H26F3N7O2. The number of fused-ring (bicyclic) bond motifs is 13. The maximum Gasteiger partial charge on any atom is 0.422 e. The van der Waals surface area contributed by atoms with Crippen LogP contribution in [-0.4, -0.2) is 59.8 Å². The summed E-state index contributed by atoms with van der Waals surface area (Å²) in [4.78, 5) is 24.3. The summed E-state index contributed by atoms with van der Waals surface area (Å²) in [6.45, 7) is 1.25. The van der Waals surface area contributed by atoms with Crippen LogP contribution in [0.3, 0.4) is 0 Å². The lowest BCUT2D eigenvalue weighted by Gasteiger charge is -2.12. The van der Waals surface area contributed by atoms with Crippen molar-refractivity contribution < 1.29 is 22.7 Å². The van der Waals surface area contributed by atoms with Gasteiger partial charge in [0, 0.05) is 24.3 Å². The van der Waals surface area contributed by atoms with Crippen molar-refractivity contribution in [1.82, 2.24) is 25.6 Å². The molecule has 32 heavy (non-hydrogen) atoms. The van der Waals surface area contributed by atoms with Crippen LogP contribution < -0.4 is 26.0 Å². The topological polar surface area (TPSA) is 113 Å². The highest BCUT2D eigenvalue weighted by Crippen LogP contribution is 2.20. The number of halogens is 3. The molecule has 0 saturated heterocycles. The summed E-state index contributed by atoms with van der Waals surface area (Å²) in [7, 11) is 0. The Morgan fingerprint density at radius 2 is 1.53 bits per heavy atom. The lowest BCUT2D eigenvalue weighted by molar-refractivity contribution is -0.154. The number of carbonyl (C=O) groups excluding carboxylic acids is 1. The van der Waals surface area contributed by atoms with Gasteiger partial charge in [-0.25, -0.2) is 0 Å². The zero-order valence-corrected chi connectivity index (χ0v) is 17.5. The van der Waals surface area contributed by atoms with Gasteiger partial charge in [-0.1, -0.05) is 6.42 Å². The van der Waals surface area contributed by atoms with Crippen LogP contribution >= 0.6 is 0 Å². The van der Waals surface area contributed by atoms with Crippen LogP contribution in [0.1, 0.15) is 36.0 Å². The average molecular weight is 453 g/mol. The Balaban J connectivity index is 1.77. The maximum absolute atomic E-state index is 12.5. The summed E-state index contributed by atoms with van der Waals surface area (Å²) >= 11 is 0. The molecule has 4 rings (SSSR count). The smallest absolute Gasteiger partial charge is 0.422 e. The number of anilines is 3. The van der Waals surface area contributed by atoms with E-state index in [1.807, 2.05) is 0 Å². The molecule has 0 aliphatic carbocycles. The number of aromatic nitrogens is 3. The van der Waals surface area contributed by atoms with E-state index in [0.717, 1.165) is 38.8 Å². The predicted molar refractivity (Wildman–Crippen MR) is 113 cm³/mol. The van der Waals surface area contributed by atoms with Gasteiger partial charge in [0.15, 0.2) is 6.61 Å². The molecule has 1 aromatic carbocycles. The molecule has 2 aliphatic heterocycles. The Morgan fingerprint density at radius 3 is 2.31 bits per heavy atom. The van der Waals surface area contributed by atoms with E-state index >= 15 is 0 Å². The van der Waals surface area contributed by atoms with Gasteiger partial charge in [-0.3, -0.25) is 4.79 Å². The van der Waals surface area contributed by atoms with Gasteiger partial charge in [0.2, 0.25) is 11.9 Å². The van der Waals surface area contributed by atoms with Crippen molar-refractivity contribution in [1.29, 1.82) is 0 Å². The molecule has 0 saturated carbocycles. The first-order valence-corrected chi connectivity index (χ1v) is 10.4. The third kappa shape index (κ3) is 8.17. The number of rotatable bonds is 2. The molecule has 12 heteroatoms. The molecule has 3 heterocycles. The lowest BCUT2D eigenvalue weighted by atomic mass is 10.2. The van der Waals surface area contributed by atoms with Crippen LogP contribution in [0.5, 0.6) is 6.01 Å². The summed E-state index contributed by atoms with van der Waals surface area (Å²) in [5, 5.41) is 12.1. The normalized spacial score (nSPS) is 16.4. The Labute approximate surface area is 183 Å². The Kier molecular flexibility index (Phi) is 8.42. The standard InChI is InChI=1S/C20H26F3N7O2/c21-20(22,23)13-32-19-29-17-26-12-4-10-24-9-2-1-3-11-25-16(31)14-5-7-15(8-6-14)27-18(28-17)30-19/h5-8,24H,1-4,9-13H2,(H,25,31)(H2,26,27,28,29,30). The van der Waals surface area contributed by atoms with Crippen molar-refractivity contribution >= 4 is 23.5 Å². The highest BCUT2D eigenvalue weighted by Gasteiger charge is 2.29. The fourth-order valence-corrected chi connectivity index (χ4v) is 2.93. The molecule has 0 fully saturated rings. The van der Waals surface area contributed by atoms with Gasteiger partial charge >= 0.3 is 12.2 Å². The zero-order chi connectivity index (χ0) is 22.8. The number of amides is 1. The minimum absolute atomic E-state index is 0.0180. The molecule has 4 N–H and O–H groups in total. The monoisotopic (exact) mass is 453 g/mol. The van der Waals surface area contributed by atoms with Crippen LogP contribution in [-0.2, 0) is 0 Å². The third-order valence-corrected chi connectivity index (χ3v) is 4.51. The van der Waals surface area contributed by atoms with Crippen molar-refractivity contribution in [2.45, 2.75) is 31.9 Å². The Bertz CT molecular complexity index is 878. The van der Waals surface area contributed by atoms with Crippen LogP contribution in [0.4, 0.5) is 30.8 Å². The number of nitrogens with zero attached hydrogens (tertiary/aromatic N) is 3. The Morgan fingerprint density at radius 1 is 0.844 bits per heavy atom. The maximum atomic E-state index is 12.5. The van der Waals surface area contributed by atoms with Gasteiger partial charge in [-0.2, -0.15) is 28.1 Å². The Hall–Kier alpha value is -3.15. The predicted octanol–water partition coefficient (Wildman–Crippen LogP) is 2.86. The minimum atomic E-state index is -4.52. The van der Waals surface area contributed by atoms with Gasteiger partial charge < -0.3 is 26.0 Å². The summed E-state index contributed by atoms with van der Waals surface area (Å²) in [5.74, 6) is -0.0481. The number of benzene rings is 1. The molecular weight excluding hydrogens is 427 g/mol. The quantitative estimate of drug-likeness (QED) is 0.549. The van der Waals surface area contributed by atoms with E-state index in [2.05, 4.69) is 36.2 Å².